The Morgan fingerprint density at radius 2 is 1.72 bits per heavy atom. The van der Waals surface area contributed by atoms with Gasteiger partial charge in [0.1, 0.15) is 12.6 Å². The van der Waals surface area contributed by atoms with Crippen LogP contribution in [-0.2, 0) is 26.2 Å². The van der Waals surface area contributed by atoms with Crippen LogP contribution >= 0.6 is 23.2 Å². The first-order chi connectivity index (χ1) is 18.5. The second-order valence-electron chi connectivity index (χ2n) is 9.48. The largest absolute Gasteiger partial charge is 0.493 e. The minimum atomic E-state index is -3.90. The summed E-state index contributed by atoms with van der Waals surface area (Å²) in [6.07, 6.45) is 5.20. The Bertz CT molecular complexity index is 1280. The number of methoxy groups -OCH3 is 2. The number of hydrogen-bond acceptors (Lipinski definition) is 6. The highest BCUT2D eigenvalue weighted by atomic mass is 35.5. The van der Waals surface area contributed by atoms with Crippen LogP contribution in [0, 0.1) is 0 Å². The number of carbonyl (C=O) groups excluding carboxylic acids is 2. The van der Waals surface area contributed by atoms with Gasteiger partial charge < -0.3 is 19.7 Å². The highest BCUT2D eigenvalue weighted by Crippen LogP contribution is 2.33. The second-order valence-corrected chi connectivity index (χ2v) is 12.2. The molecule has 2 aromatic rings. The summed E-state index contributed by atoms with van der Waals surface area (Å²) in [6, 6.07) is 8.70. The van der Waals surface area contributed by atoms with Gasteiger partial charge in [-0.15, -0.1) is 0 Å². The van der Waals surface area contributed by atoms with Crippen LogP contribution in [0.1, 0.15) is 44.6 Å². The molecule has 2 amide bonds. The van der Waals surface area contributed by atoms with Crippen molar-refractivity contribution in [2.75, 3.05) is 31.3 Å². The van der Waals surface area contributed by atoms with Crippen LogP contribution in [0.3, 0.4) is 0 Å². The molecular weight excluding hydrogens is 565 g/mol. The van der Waals surface area contributed by atoms with Crippen LogP contribution in [0.25, 0.3) is 0 Å². The molecule has 1 N–H and O–H groups in total. The zero-order chi connectivity index (χ0) is 28.7. The van der Waals surface area contributed by atoms with Gasteiger partial charge in [-0.1, -0.05) is 49.0 Å². The van der Waals surface area contributed by atoms with Crippen LogP contribution in [0.5, 0.6) is 11.5 Å². The van der Waals surface area contributed by atoms with E-state index < -0.39 is 28.5 Å². The number of ether oxygens (including phenoxy) is 2. The average Bonchev–Trinajstić information content (AvgIpc) is 3.40. The van der Waals surface area contributed by atoms with Crippen molar-refractivity contribution >= 4 is 50.7 Å². The molecule has 0 aliphatic heterocycles. The molecule has 0 spiro atoms. The lowest BCUT2D eigenvalue weighted by Crippen LogP contribution is -2.53. The van der Waals surface area contributed by atoms with Crippen LogP contribution in [0.4, 0.5) is 5.69 Å². The van der Waals surface area contributed by atoms with E-state index >= 15 is 0 Å². The molecule has 1 fully saturated rings. The maximum atomic E-state index is 13.9. The molecule has 12 heteroatoms. The number of anilines is 1. The van der Waals surface area contributed by atoms with Gasteiger partial charge in [0.05, 0.1) is 26.2 Å². The summed E-state index contributed by atoms with van der Waals surface area (Å²) < 4.78 is 37.3. The molecule has 0 radical (unpaired) electrons. The first kappa shape index (κ1) is 30.8. The lowest BCUT2D eigenvalue weighted by molar-refractivity contribution is -0.140. The van der Waals surface area contributed by atoms with E-state index in [4.69, 9.17) is 32.7 Å². The van der Waals surface area contributed by atoms with Crippen molar-refractivity contribution in [2.45, 2.75) is 57.7 Å². The molecular formula is C27H35Cl2N3O6S. The number of nitrogens with one attached hydrogen (secondary N) is 1. The maximum Gasteiger partial charge on any atom is 0.244 e. The van der Waals surface area contributed by atoms with E-state index in [1.54, 1.807) is 24.3 Å². The molecule has 1 saturated carbocycles. The molecule has 1 atom stereocenters. The van der Waals surface area contributed by atoms with Crippen LogP contribution in [-0.4, -0.2) is 64.2 Å². The number of hydrogen-bond donors (Lipinski definition) is 1. The highest BCUT2D eigenvalue weighted by molar-refractivity contribution is 7.92. The lowest BCUT2D eigenvalue weighted by atomic mass is 10.1. The van der Waals surface area contributed by atoms with E-state index in [9.17, 15) is 18.0 Å². The SMILES string of the molecule is CCC(C(=O)NC1CCCC1)N(Cc1ccc(Cl)cc1Cl)C(=O)CN(c1ccc(OC)c(OC)c1)S(C)(=O)=O. The molecule has 0 saturated heterocycles. The van der Waals surface area contributed by atoms with Gasteiger partial charge in [-0.3, -0.25) is 13.9 Å². The molecule has 1 unspecified atom stereocenters. The van der Waals surface area contributed by atoms with Crippen LogP contribution < -0.4 is 19.1 Å². The first-order valence-electron chi connectivity index (χ1n) is 12.7. The van der Waals surface area contributed by atoms with Crippen LogP contribution in [0.2, 0.25) is 10.0 Å². The number of benzene rings is 2. The molecule has 0 heterocycles. The molecule has 0 aromatic heterocycles. The van der Waals surface area contributed by atoms with Crippen molar-refractivity contribution in [3.8, 4) is 11.5 Å². The predicted molar refractivity (Wildman–Crippen MR) is 153 cm³/mol. The Hall–Kier alpha value is -2.69. The van der Waals surface area contributed by atoms with Gasteiger partial charge >= 0.3 is 0 Å². The van der Waals surface area contributed by atoms with Gasteiger partial charge in [-0.05, 0) is 49.1 Å². The van der Waals surface area contributed by atoms with Crippen molar-refractivity contribution in [3.63, 3.8) is 0 Å². The average molecular weight is 601 g/mol. The third-order valence-corrected chi connectivity index (χ3v) is 8.51. The number of carbonyl (C=O) groups is 2. The molecule has 214 valence electrons. The third-order valence-electron chi connectivity index (χ3n) is 6.78. The molecule has 9 nitrogen and oxygen atoms in total. The smallest absolute Gasteiger partial charge is 0.244 e. The fraction of sp³-hybridized carbons (Fsp3) is 0.481. The number of nitrogens with zero attached hydrogens (tertiary/aromatic N) is 2. The number of rotatable bonds is 12. The van der Waals surface area contributed by atoms with Gasteiger partial charge in [0.15, 0.2) is 11.5 Å². The highest BCUT2D eigenvalue weighted by Gasteiger charge is 2.33. The van der Waals surface area contributed by atoms with Crippen molar-refractivity contribution in [1.82, 2.24) is 10.2 Å². The maximum absolute atomic E-state index is 13.9. The van der Waals surface area contributed by atoms with Gasteiger partial charge in [-0.25, -0.2) is 8.42 Å². The normalized spacial score (nSPS) is 14.5. The number of amides is 2. The summed E-state index contributed by atoms with van der Waals surface area (Å²) in [7, 11) is -1.00. The quantitative estimate of drug-likeness (QED) is 0.381. The Morgan fingerprint density at radius 3 is 2.28 bits per heavy atom. The molecule has 1 aliphatic rings. The third kappa shape index (κ3) is 7.93. The van der Waals surface area contributed by atoms with Crippen molar-refractivity contribution in [3.05, 3.63) is 52.0 Å². The zero-order valence-electron chi connectivity index (χ0n) is 22.6. The number of sulfonamides is 1. The Kier molecular flexibility index (Phi) is 10.7. The van der Waals surface area contributed by atoms with Crippen molar-refractivity contribution in [1.29, 1.82) is 0 Å². The summed E-state index contributed by atoms with van der Waals surface area (Å²) in [4.78, 5) is 28.7. The first-order valence-corrected chi connectivity index (χ1v) is 15.3. The Morgan fingerprint density at radius 1 is 1.05 bits per heavy atom. The van der Waals surface area contributed by atoms with E-state index in [0.717, 1.165) is 36.2 Å². The molecule has 1 aliphatic carbocycles. The standard InChI is InChI=1S/C27H35Cl2N3O6S/c1-5-23(27(34)30-20-8-6-7-9-20)31(16-18-10-11-19(28)14-22(18)29)26(33)17-32(39(4,35)36)21-12-13-24(37-2)25(15-21)38-3/h10-15,20,23H,5-9,16-17H2,1-4H3,(H,30,34). The molecule has 39 heavy (non-hydrogen) atoms. The lowest BCUT2D eigenvalue weighted by Gasteiger charge is -2.33. The zero-order valence-corrected chi connectivity index (χ0v) is 24.9. The predicted octanol–water partition coefficient (Wildman–Crippen LogP) is 4.64. The van der Waals surface area contributed by atoms with E-state index in [0.29, 0.717) is 33.5 Å². The fourth-order valence-electron chi connectivity index (χ4n) is 4.71. The van der Waals surface area contributed by atoms with Gasteiger partial charge in [0.25, 0.3) is 0 Å². The van der Waals surface area contributed by atoms with Crippen LogP contribution in [0.15, 0.2) is 36.4 Å². The van der Waals surface area contributed by atoms with E-state index in [1.165, 1.54) is 31.3 Å². The Balaban J connectivity index is 1.98. The van der Waals surface area contributed by atoms with E-state index in [-0.39, 0.29) is 24.2 Å². The molecule has 2 aromatic carbocycles. The second kappa shape index (κ2) is 13.6. The fourth-order valence-corrected chi connectivity index (χ4v) is 6.02. The summed E-state index contributed by atoms with van der Waals surface area (Å²) in [5.74, 6) is -0.118. The summed E-state index contributed by atoms with van der Waals surface area (Å²) in [5, 5.41) is 3.84. The van der Waals surface area contributed by atoms with Gasteiger partial charge in [0, 0.05) is 28.7 Å². The molecule has 3 rings (SSSR count). The summed E-state index contributed by atoms with van der Waals surface area (Å²) >= 11 is 12.5. The van der Waals surface area contributed by atoms with Crippen molar-refractivity contribution < 1.29 is 27.5 Å². The van der Waals surface area contributed by atoms with Crippen molar-refractivity contribution in [2.24, 2.45) is 0 Å². The summed E-state index contributed by atoms with van der Waals surface area (Å²) in [6.45, 7) is 1.27. The summed E-state index contributed by atoms with van der Waals surface area (Å²) in [5.41, 5.74) is 0.801. The topological polar surface area (TPSA) is 105 Å². The molecule has 0 bridgehead atoms. The monoisotopic (exact) mass is 599 g/mol. The Labute approximate surface area is 240 Å². The van der Waals surface area contributed by atoms with E-state index in [2.05, 4.69) is 5.32 Å². The van der Waals surface area contributed by atoms with E-state index in [1.807, 2.05) is 6.92 Å². The minimum absolute atomic E-state index is 0.00500. The van der Waals surface area contributed by atoms with Gasteiger partial charge in [0.2, 0.25) is 21.8 Å². The number of halogens is 2. The minimum Gasteiger partial charge on any atom is -0.493 e. The van der Waals surface area contributed by atoms with Gasteiger partial charge in [-0.2, -0.15) is 0 Å².